The minimum absolute atomic E-state index is 0.0659. The Bertz CT molecular complexity index is 841. The first-order valence-electron chi connectivity index (χ1n) is 9.01. The van der Waals surface area contributed by atoms with Crippen molar-refractivity contribution in [2.24, 2.45) is 0 Å². The standard InChI is InChI=1S/C20H25ClN4O2/c1-20(2,3)23-19(27)22-13-17(26)25-12-11-24-10-6-9-16(24)18(25)14-7-4-5-8-15(14)21/h4-10,18H,11-13H2,1-3H3,(H2,22,23,27). The molecule has 2 aromatic rings. The SMILES string of the molecule is CC(C)(C)NC(=O)NCC(=O)N1CCn2cccc2C1c1ccccc1Cl. The molecule has 3 amide bonds. The number of hydrogen-bond donors (Lipinski definition) is 2. The van der Waals surface area contributed by atoms with Gasteiger partial charge in [0.1, 0.15) is 0 Å². The minimum Gasteiger partial charge on any atom is -0.348 e. The normalized spacial score (nSPS) is 16.6. The highest BCUT2D eigenvalue weighted by molar-refractivity contribution is 6.31. The molecule has 1 aliphatic heterocycles. The number of amides is 3. The van der Waals surface area contributed by atoms with Gasteiger partial charge >= 0.3 is 6.03 Å². The highest BCUT2D eigenvalue weighted by Gasteiger charge is 2.33. The molecule has 2 N–H and O–H groups in total. The van der Waals surface area contributed by atoms with Gasteiger partial charge < -0.3 is 20.1 Å². The minimum atomic E-state index is -0.362. The van der Waals surface area contributed by atoms with E-state index in [2.05, 4.69) is 15.2 Å². The van der Waals surface area contributed by atoms with Crippen molar-refractivity contribution in [2.45, 2.75) is 38.9 Å². The van der Waals surface area contributed by atoms with E-state index in [-0.39, 0.29) is 30.1 Å². The molecule has 1 unspecified atom stereocenters. The number of aromatic nitrogens is 1. The van der Waals surface area contributed by atoms with Crippen molar-refractivity contribution in [3.05, 3.63) is 58.9 Å². The number of fused-ring (bicyclic) bond motifs is 1. The van der Waals surface area contributed by atoms with Gasteiger partial charge in [-0.25, -0.2) is 4.79 Å². The molecular weight excluding hydrogens is 364 g/mol. The number of nitrogens with one attached hydrogen (secondary N) is 2. The van der Waals surface area contributed by atoms with Crippen LogP contribution in [0.1, 0.15) is 38.1 Å². The number of carbonyl (C=O) groups is 2. The number of carbonyl (C=O) groups excluding carboxylic acids is 2. The van der Waals surface area contributed by atoms with Crippen molar-refractivity contribution < 1.29 is 9.59 Å². The molecular formula is C20H25ClN4O2. The Balaban J connectivity index is 1.80. The second kappa shape index (κ2) is 7.64. The quantitative estimate of drug-likeness (QED) is 0.848. The molecule has 1 aromatic carbocycles. The van der Waals surface area contributed by atoms with E-state index < -0.39 is 0 Å². The average molecular weight is 389 g/mol. The van der Waals surface area contributed by atoms with E-state index in [4.69, 9.17) is 11.6 Å². The smallest absolute Gasteiger partial charge is 0.315 e. The molecule has 1 aromatic heterocycles. The maximum absolute atomic E-state index is 12.9. The van der Waals surface area contributed by atoms with Gasteiger partial charge in [-0.2, -0.15) is 0 Å². The summed E-state index contributed by atoms with van der Waals surface area (Å²) >= 11 is 6.43. The zero-order valence-electron chi connectivity index (χ0n) is 15.8. The monoisotopic (exact) mass is 388 g/mol. The number of benzene rings is 1. The fraction of sp³-hybridized carbons (Fsp3) is 0.400. The van der Waals surface area contributed by atoms with Gasteiger partial charge in [0, 0.05) is 35.5 Å². The summed E-state index contributed by atoms with van der Waals surface area (Å²) in [6, 6.07) is 10.9. The van der Waals surface area contributed by atoms with E-state index in [1.165, 1.54) is 0 Å². The fourth-order valence-corrected chi connectivity index (χ4v) is 3.56. The largest absolute Gasteiger partial charge is 0.348 e. The summed E-state index contributed by atoms with van der Waals surface area (Å²) in [7, 11) is 0. The Hall–Kier alpha value is -2.47. The van der Waals surface area contributed by atoms with E-state index in [1.807, 2.05) is 63.4 Å². The molecule has 0 bridgehead atoms. The summed E-state index contributed by atoms with van der Waals surface area (Å²) in [6.07, 6.45) is 2.01. The molecule has 0 saturated heterocycles. The molecule has 1 aliphatic rings. The second-order valence-electron chi connectivity index (χ2n) is 7.70. The molecule has 0 saturated carbocycles. The topological polar surface area (TPSA) is 66.4 Å². The van der Waals surface area contributed by atoms with Gasteiger partial charge in [0.05, 0.1) is 12.6 Å². The molecule has 2 heterocycles. The highest BCUT2D eigenvalue weighted by atomic mass is 35.5. The number of urea groups is 1. The molecule has 1 atom stereocenters. The van der Waals surface area contributed by atoms with Crippen molar-refractivity contribution in [1.29, 1.82) is 0 Å². The van der Waals surface area contributed by atoms with E-state index in [9.17, 15) is 9.59 Å². The Morgan fingerprint density at radius 1 is 1.15 bits per heavy atom. The number of rotatable bonds is 3. The summed E-state index contributed by atoms with van der Waals surface area (Å²) in [5.74, 6) is -0.142. The third-order valence-corrected chi connectivity index (χ3v) is 4.79. The maximum Gasteiger partial charge on any atom is 0.315 e. The first-order valence-corrected chi connectivity index (χ1v) is 9.39. The van der Waals surface area contributed by atoms with Crippen molar-refractivity contribution in [2.75, 3.05) is 13.1 Å². The Morgan fingerprint density at radius 2 is 1.89 bits per heavy atom. The van der Waals surface area contributed by atoms with E-state index in [0.29, 0.717) is 18.1 Å². The third-order valence-electron chi connectivity index (χ3n) is 4.45. The van der Waals surface area contributed by atoms with Gasteiger partial charge in [-0.15, -0.1) is 0 Å². The zero-order valence-corrected chi connectivity index (χ0v) is 16.6. The summed E-state index contributed by atoms with van der Waals surface area (Å²) in [5, 5.41) is 6.07. The number of nitrogens with zero attached hydrogens (tertiary/aromatic N) is 2. The summed E-state index contributed by atoms with van der Waals surface area (Å²) in [5.41, 5.74) is 1.53. The van der Waals surface area contributed by atoms with Gasteiger partial charge in [-0.1, -0.05) is 29.8 Å². The van der Waals surface area contributed by atoms with Gasteiger partial charge in [-0.05, 0) is 44.5 Å². The van der Waals surface area contributed by atoms with Crippen LogP contribution >= 0.6 is 11.6 Å². The molecule has 0 aliphatic carbocycles. The van der Waals surface area contributed by atoms with Crippen LogP contribution in [0.5, 0.6) is 0 Å². The van der Waals surface area contributed by atoms with Gasteiger partial charge in [0.2, 0.25) is 5.91 Å². The Kier molecular flexibility index (Phi) is 5.46. The van der Waals surface area contributed by atoms with Crippen LogP contribution in [0.3, 0.4) is 0 Å². The first-order chi connectivity index (χ1) is 12.8. The Labute approximate surface area is 164 Å². The van der Waals surface area contributed by atoms with Crippen molar-refractivity contribution in [3.63, 3.8) is 0 Å². The first kappa shape index (κ1) is 19.3. The highest BCUT2D eigenvalue weighted by Crippen LogP contribution is 2.35. The van der Waals surface area contributed by atoms with Gasteiger partial charge in [0.15, 0.2) is 0 Å². The molecule has 0 radical (unpaired) electrons. The number of halogens is 1. The molecule has 0 spiro atoms. The van der Waals surface area contributed by atoms with Gasteiger partial charge in [-0.3, -0.25) is 4.79 Å². The van der Waals surface area contributed by atoms with Crippen LogP contribution in [-0.4, -0.2) is 40.0 Å². The lowest BCUT2D eigenvalue weighted by atomic mass is 9.99. The predicted molar refractivity (Wildman–Crippen MR) is 106 cm³/mol. The van der Waals surface area contributed by atoms with E-state index >= 15 is 0 Å². The summed E-state index contributed by atoms with van der Waals surface area (Å²) in [4.78, 5) is 26.7. The van der Waals surface area contributed by atoms with Crippen LogP contribution in [0.25, 0.3) is 0 Å². The van der Waals surface area contributed by atoms with Crippen LogP contribution < -0.4 is 10.6 Å². The van der Waals surface area contributed by atoms with Crippen LogP contribution in [-0.2, 0) is 11.3 Å². The lowest BCUT2D eigenvalue weighted by Gasteiger charge is -2.37. The van der Waals surface area contributed by atoms with Crippen molar-refractivity contribution >= 4 is 23.5 Å². The van der Waals surface area contributed by atoms with E-state index in [0.717, 1.165) is 11.3 Å². The summed E-state index contributed by atoms with van der Waals surface area (Å²) in [6.45, 7) is 6.87. The lowest BCUT2D eigenvalue weighted by Crippen LogP contribution is -2.51. The predicted octanol–water partition coefficient (Wildman–Crippen LogP) is 3.17. The average Bonchev–Trinajstić information content (AvgIpc) is 3.06. The van der Waals surface area contributed by atoms with Crippen molar-refractivity contribution in [1.82, 2.24) is 20.1 Å². The molecule has 7 heteroatoms. The molecule has 144 valence electrons. The molecule has 27 heavy (non-hydrogen) atoms. The molecule has 6 nitrogen and oxygen atoms in total. The molecule has 3 rings (SSSR count). The van der Waals surface area contributed by atoms with E-state index in [1.54, 1.807) is 4.90 Å². The van der Waals surface area contributed by atoms with Crippen LogP contribution in [0.4, 0.5) is 4.79 Å². The fourth-order valence-electron chi connectivity index (χ4n) is 3.32. The van der Waals surface area contributed by atoms with Crippen LogP contribution in [0, 0.1) is 0 Å². The van der Waals surface area contributed by atoms with Crippen molar-refractivity contribution in [3.8, 4) is 0 Å². The Morgan fingerprint density at radius 3 is 2.59 bits per heavy atom. The third kappa shape index (κ3) is 4.45. The van der Waals surface area contributed by atoms with Crippen LogP contribution in [0.15, 0.2) is 42.6 Å². The summed E-state index contributed by atoms with van der Waals surface area (Å²) < 4.78 is 2.14. The maximum atomic E-state index is 12.9. The molecule has 0 fully saturated rings. The van der Waals surface area contributed by atoms with Crippen LogP contribution in [0.2, 0.25) is 5.02 Å². The zero-order chi connectivity index (χ0) is 19.6. The van der Waals surface area contributed by atoms with Gasteiger partial charge in [0.25, 0.3) is 0 Å². The number of hydrogen-bond acceptors (Lipinski definition) is 2. The lowest BCUT2D eigenvalue weighted by molar-refractivity contribution is -0.132. The second-order valence-corrected chi connectivity index (χ2v) is 8.10.